The third-order valence-electron chi connectivity index (χ3n) is 5.06. The van der Waals surface area contributed by atoms with Gasteiger partial charge in [0.1, 0.15) is 6.54 Å². The molecular weight excluding hydrogens is 363 g/mol. The highest BCUT2D eigenvalue weighted by atomic mass is 35.5. The molecule has 0 bridgehead atoms. The number of nitrogens with one attached hydrogen (secondary N) is 1. The zero-order valence-corrected chi connectivity index (χ0v) is 15.4. The number of hydrogen-bond donors (Lipinski definition) is 1. The number of nitrogens with zero attached hydrogens (tertiary/aromatic N) is 1. The Labute approximate surface area is 156 Å². The van der Waals surface area contributed by atoms with Gasteiger partial charge in [-0.2, -0.15) is 0 Å². The van der Waals surface area contributed by atoms with Gasteiger partial charge in [-0.25, -0.2) is 0 Å². The molecule has 1 aromatic rings. The Kier molecular flexibility index (Phi) is 5.35. The largest absolute Gasteiger partial charge is 0.348 e. The van der Waals surface area contributed by atoms with Crippen LogP contribution in [0, 0.1) is 11.8 Å². The summed E-state index contributed by atoms with van der Waals surface area (Å²) in [6.45, 7) is 1.58. The van der Waals surface area contributed by atoms with E-state index in [4.69, 9.17) is 23.2 Å². The van der Waals surface area contributed by atoms with Crippen molar-refractivity contribution in [3.8, 4) is 0 Å². The summed E-state index contributed by atoms with van der Waals surface area (Å²) in [4.78, 5) is 38.3. The van der Waals surface area contributed by atoms with Gasteiger partial charge in [-0.3, -0.25) is 19.3 Å². The third-order valence-corrected chi connectivity index (χ3v) is 5.79. The Morgan fingerprint density at radius 1 is 1.16 bits per heavy atom. The number of halogens is 2. The number of carbonyl (C=O) groups excluding carboxylic acids is 3. The van der Waals surface area contributed by atoms with E-state index in [0.717, 1.165) is 36.1 Å². The summed E-state index contributed by atoms with van der Waals surface area (Å²) in [6.07, 6.45) is 3.42. The lowest BCUT2D eigenvalue weighted by atomic mass is 9.81. The van der Waals surface area contributed by atoms with Crippen molar-refractivity contribution < 1.29 is 14.4 Å². The molecule has 1 N–H and O–H groups in total. The van der Waals surface area contributed by atoms with Crippen molar-refractivity contribution >= 4 is 40.9 Å². The number of hydrogen-bond acceptors (Lipinski definition) is 3. The molecule has 0 spiro atoms. The average molecular weight is 383 g/mol. The smallest absolute Gasteiger partial charge is 0.240 e. The Bertz CT molecular complexity index is 698. The monoisotopic (exact) mass is 382 g/mol. The Hall–Kier alpha value is -1.59. The molecule has 5 nitrogen and oxygen atoms in total. The maximum Gasteiger partial charge on any atom is 0.240 e. The van der Waals surface area contributed by atoms with Gasteiger partial charge in [0.15, 0.2) is 0 Å². The first-order valence-corrected chi connectivity index (χ1v) is 9.23. The summed E-state index contributed by atoms with van der Waals surface area (Å²) in [5.74, 6) is -1.24. The molecule has 0 unspecified atom stereocenters. The molecule has 7 heteroatoms. The number of likely N-dealkylation sites (tertiary alicyclic amines) is 1. The maximum absolute atomic E-state index is 12.4. The van der Waals surface area contributed by atoms with Gasteiger partial charge < -0.3 is 5.32 Å². The van der Waals surface area contributed by atoms with Gasteiger partial charge in [-0.05, 0) is 37.5 Å². The first-order valence-electron chi connectivity index (χ1n) is 8.48. The van der Waals surface area contributed by atoms with Crippen LogP contribution in [0.25, 0.3) is 0 Å². The fraction of sp³-hybridized carbons (Fsp3) is 0.500. The van der Waals surface area contributed by atoms with Crippen LogP contribution in [-0.2, 0) is 14.4 Å². The lowest BCUT2D eigenvalue weighted by Crippen LogP contribution is -2.41. The van der Waals surface area contributed by atoms with E-state index in [1.807, 2.05) is 6.92 Å². The minimum atomic E-state index is -0.362. The highest BCUT2D eigenvalue weighted by molar-refractivity contribution is 6.42. The summed E-state index contributed by atoms with van der Waals surface area (Å²) < 4.78 is 0. The Balaban J connectivity index is 1.63. The Morgan fingerprint density at radius 3 is 2.32 bits per heavy atom. The lowest BCUT2D eigenvalue weighted by molar-refractivity contribution is -0.143. The van der Waals surface area contributed by atoms with E-state index in [0.29, 0.717) is 10.0 Å². The molecular formula is C18H20Cl2N2O3. The molecule has 134 valence electrons. The van der Waals surface area contributed by atoms with Crippen molar-refractivity contribution in [2.24, 2.45) is 11.8 Å². The molecule has 1 saturated carbocycles. The fourth-order valence-corrected chi connectivity index (χ4v) is 3.99. The normalized spacial score (nSPS) is 24.2. The quantitative estimate of drug-likeness (QED) is 0.811. The van der Waals surface area contributed by atoms with Crippen molar-refractivity contribution in [3.05, 3.63) is 33.8 Å². The predicted molar refractivity (Wildman–Crippen MR) is 95.2 cm³/mol. The van der Waals surface area contributed by atoms with Crippen LogP contribution in [-0.4, -0.2) is 29.2 Å². The second-order valence-electron chi connectivity index (χ2n) is 6.72. The molecule has 1 aliphatic heterocycles. The molecule has 2 fully saturated rings. The number of rotatable bonds is 4. The molecule has 3 rings (SSSR count). The molecule has 1 heterocycles. The van der Waals surface area contributed by atoms with Crippen LogP contribution in [0.15, 0.2) is 18.2 Å². The summed E-state index contributed by atoms with van der Waals surface area (Å²) in [5, 5.41) is 3.66. The van der Waals surface area contributed by atoms with Crippen LogP contribution >= 0.6 is 23.2 Å². The highest BCUT2D eigenvalue weighted by Crippen LogP contribution is 2.37. The maximum atomic E-state index is 12.4. The van der Waals surface area contributed by atoms with E-state index in [2.05, 4.69) is 5.32 Å². The van der Waals surface area contributed by atoms with Gasteiger partial charge in [0.2, 0.25) is 17.7 Å². The van der Waals surface area contributed by atoms with Crippen LogP contribution < -0.4 is 5.32 Å². The van der Waals surface area contributed by atoms with Crippen molar-refractivity contribution in [1.29, 1.82) is 0 Å². The van der Waals surface area contributed by atoms with Crippen molar-refractivity contribution in [2.75, 3.05) is 6.54 Å². The second-order valence-corrected chi connectivity index (χ2v) is 7.54. The molecule has 1 aromatic carbocycles. The number of imide groups is 1. The summed E-state index contributed by atoms with van der Waals surface area (Å²) in [7, 11) is 0. The van der Waals surface area contributed by atoms with Crippen LogP contribution in [0.3, 0.4) is 0 Å². The minimum Gasteiger partial charge on any atom is -0.348 e. The number of carbonyl (C=O) groups is 3. The number of amides is 3. The molecule has 25 heavy (non-hydrogen) atoms. The average Bonchev–Trinajstić information content (AvgIpc) is 2.82. The predicted octanol–water partition coefficient (Wildman–Crippen LogP) is 3.35. The van der Waals surface area contributed by atoms with Gasteiger partial charge in [0, 0.05) is 0 Å². The van der Waals surface area contributed by atoms with E-state index in [9.17, 15) is 14.4 Å². The highest BCUT2D eigenvalue weighted by Gasteiger charge is 2.48. The first-order chi connectivity index (χ1) is 11.9. The molecule has 3 atom stereocenters. The van der Waals surface area contributed by atoms with E-state index >= 15 is 0 Å². The van der Waals surface area contributed by atoms with Gasteiger partial charge in [0.25, 0.3) is 0 Å². The van der Waals surface area contributed by atoms with E-state index in [1.165, 1.54) is 0 Å². The van der Waals surface area contributed by atoms with E-state index in [-0.39, 0.29) is 42.1 Å². The molecule has 1 aliphatic carbocycles. The van der Waals surface area contributed by atoms with Crippen molar-refractivity contribution in [1.82, 2.24) is 10.2 Å². The van der Waals surface area contributed by atoms with Crippen LogP contribution in [0.5, 0.6) is 0 Å². The lowest BCUT2D eigenvalue weighted by Gasteiger charge is -2.19. The zero-order valence-electron chi connectivity index (χ0n) is 13.9. The number of benzene rings is 1. The molecule has 0 aromatic heterocycles. The van der Waals surface area contributed by atoms with Crippen molar-refractivity contribution in [3.63, 3.8) is 0 Å². The minimum absolute atomic E-state index is 0.202. The standard InChI is InChI=1S/C18H20Cl2N2O3/c1-10(11-6-7-14(19)15(20)8-11)21-16(23)9-22-17(24)12-4-2-3-5-13(12)18(22)25/h6-8,10,12-13H,2-5,9H2,1H3,(H,21,23)/t10-,12+,13+/m0/s1. The molecule has 0 radical (unpaired) electrons. The molecule has 1 saturated heterocycles. The summed E-state index contributed by atoms with van der Waals surface area (Å²) in [6, 6.07) is 4.83. The van der Waals surface area contributed by atoms with Gasteiger partial charge in [-0.1, -0.05) is 42.1 Å². The first kappa shape index (κ1) is 18.2. The van der Waals surface area contributed by atoms with E-state index < -0.39 is 0 Å². The van der Waals surface area contributed by atoms with Gasteiger partial charge >= 0.3 is 0 Å². The van der Waals surface area contributed by atoms with Crippen LogP contribution in [0.2, 0.25) is 10.0 Å². The van der Waals surface area contributed by atoms with E-state index in [1.54, 1.807) is 18.2 Å². The SMILES string of the molecule is C[C@H](NC(=O)CN1C(=O)[C@@H]2CCCC[C@H]2C1=O)c1ccc(Cl)c(Cl)c1. The van der Waals surface area contributed by atoms with Crippen LogP contribution in [0.1, 0.15) is 44.2 Å². The van der Waals surface area contributed by atoms with Crippen molar-refractivity contribution in [2.45, 2.75) is 38.6 Å². The van der Waals surface area contributed by atoms with Gasteiger partial charge in [-0.15, -0.1) is 0 Å². The van der Waals surface area contributed by atoms with Gasteiger partial charge in [0.05, 0.1) is 27.9 Å². The topological polar surface area (TPSA) is 66.5 Å². The summed E-state index contributed by atoms with van der Waals surface area (Å²) >= 11 is 11.9. The Morgan fingerprint density at radius 2 is 1.76 bits per heavy atom. The molecule has 2 aliphatic rings. The molecule has 3 amide bonds. The second kappa shape index (κ2) is 7.34. The number of fused-ring (bicyclic) bond motifs is 1. The zero-order chi connectivity index (χ0) is 18.1. The summed E-state index contributed by atoms with van der Waals surface area (Å²) in [5.41, 5.74) is 0.801. The fourth-order valence-electron chi connectivity index (χ4n) is 3.68. The third kappa shape index (κ3) is 3.67. The van der Waals surface area contributed by atoms with Crippen LogP contribution in [0.4, 0.5) is 0 Å².